The zero-order chi connectivity index (χ0) is 23.2. The molecule has 0 aliphatic heterocycles. The van der Waals surface area contributed by atoms with Crippen LogP contribution in [0.15, 0.2) is 59.5 Å². The number of amides is 2. The van der Waals surface area contributed by atoms with Crippen LogP contribution < -0.4 is 15.4 Å². The molecule has 2 amide bonds. The summed E-state index contributed by atoms with van der Waals surface area (Å²) in [6, 6.07) is 14.2. The number of hydrogen-bond acceptors (Lipinski definition) is 4. The van der Waals surface area contributed by atoms with Gasteiger partial charge in [-0.05, 0) is 48.6 Å². The van der Waals surface area contributed by atoms with E-state index in [0.717, 1.165) is 5.56 Å². The Morgan fingerprint density at radius 1 is 0.968 bits per heavy atom. The predicted octanol–water partition coefficient (Wildman–Crippen LogP) is 3.61. The highest BCUT2D eigenvalue weighted by Gasteiger charge is 2.26. The minimum atomic E-state index is -3.91. The summed E-state index contributed by atoms with van der Waals surface area (Å²) in [5.41, 5.74) is 1.42. The van der Waals surface area contributed by atoms with Crippen molar-refractivity contribution in [2.24, 2.45) is 5.41 Å². The lowest BCUT2D eigenvalue weighted by molar-refractivity contribution is -0.123. The number of hydrogen-bond donors (Lipinski definition) is 3. The molecule has 2 aromatic carbocycles. The van der Waals surface area contributed by atoms with Crippen LogP contribution in [0.2, 0.25) is 0 Å². The zero-order valence-electron chi connectivity index (χ0n) is 18.6. The van der Waals surface area contributed by atoms with Crippen molar-refractivity contribution >= 4 is 27.5 Å². The molecule has 0 aliphatic rings. The summed E-state index contributed by atoms with van der Waals surface area (Å²) in [5, 5.41) is 5.56. The fraction of sp³-hybridized carbons (Fsp3) is 0.391. The second-order valence-corrected chi connectivity index (χ2v) is 10.5. The van der Waals surface area contributed by atoms with E-state index in [2.05, 4.69) is 36.1 Å². The molecule has 168 valence electrons. The molecular formula is C23H31N3O4S. The fourth-order valence-electron chi connectivity index (χ4n) is 3.12. The van der Waals surface area contributed by atoms with Gasteiger partial charge in [-0.15, -0.1) is 0 Å². The van der Waals surface area contributed by atoms with E-state index in [0.29, 0.717) is 12.1 Å². The Bertz CT molecular complexity index is 997. The van der Waals surface area contributed by atoms with Gasteiger partial charge in [-0.3, -0.25) is 9.59 Å². The van der Waals surface area contributed by atoms with Crippen molar-refractivity contribution in [2.75, 3.05) is 5.32 Å². The number of anilines is 1. The molecule has 0 fully saturated rings. The Morgan fingerprint density at radius 2 is 1.55 bits per heavy atom. The van der Waals surface area contributed by atoms with Gasteiger partial charge in [-0.1, -0.05) is 51.1 Å². The Labute approximate surface area is 184 Å². The average Bonchev–Trinajstić information content (AvgIpc) is 2.66. The van der Waals surface area contributed by atoms with E-state index in [1.165, 1.54) is 38.1 Å². The first-order chi connectivity index (χ1) is 14.4. The molecule has 0 saturated carbocycles. The monoisotopic (exact) mass is 445 g/mol. The first kappa shape index (κ1) is 24.6. The Morgan fingerprint density at radius 3 is 2.06 bits per heavy atom. The van der Waals surface area contributed by atoms with E-state index >= 15 is 0 Å². The first-order valence-electron chi connectivity index (χ1n) is 10.1. The van der Waals surface area contributed by atoms with E-state index in [1.807, 2.05) is 30.3 Å². The normalized spacial score (nSPS) is 13.8. The highest BCUT2D eigenvalue weighted by Crippen LogP contribution is 2.29. The molecule has 0 aliphatic carbocycles. The van der Waals surface area contributed by atoms with E-state index in [4.69, 9.17) is 0 Å². The SMILES string of the molecule is CC(=O)Nc1ccc(S(=O)(=O)N[C@@H](C)C(=O)NC(CC(C)(C)C)c2ccccc2)cc1. The highest BCUT2D eigenvalue weighted by atomic mass is 32.2. The van der Waals surface area contributed by atoms with Crippen LogP contribution in [0.5, 0.6) is 0 Å². The molecule has 2 aromatic rings. The highest BCUT2D eigenvalue weighted by molar-refractivity contribution is 7.89. The van der Waals surface area contributed by atoms with Crippen molar-refractivity contribution in [1.82, 2.24) is 10.0 Å². The van der Waals surface area contributed by atoms with Crippen molar-refractivity contribution in [3.8, 4) is 0 Å². The lowest BCUT2D eigenvalue weighted by Gasteiger charge is -2.28. The molecule has 0 spiro atoms. The maximum absolute atomic E-state index is 12.8. The van der Waals surface area contributed by atoms with Crippen LogP contribution in [-0.2, 0) is 19.6 Å². The minimum absolute atomic E-state index is 0.00977. The average molecular weight is 446 g/mol. The van der Waals surface area contributed by atoms with Crippen molar-refractivity contribution in [3.05, 3.63) is 60.2 Å². The lowest BCUT2D eigenvalue weighted by atomic mass is 9.85. The van der Waals surface area contributed by atoms with Crippen LogP contribution in [0.3, 0.4) is 0 Å². The third-order valence-electron chi connectivity index (χ3n) is 4.55. The molecule has 0 aromatic heterocycles. The van der Waals surface area contributed by atoms with E-state index < -0.39 is 22.0 Å². The summed E-state index contributed by atoms with van der Waals surface area (Å²) < 4.78 is 27.8. The molecule has 0 saturated heterocycles. The third kappa shape index (κ3) is 7.80. The van der Waals surface area contributed by atoms with Gasteiger partial charge in [0.25, 0.3) is 0 Å². The van der Waals surface area contributed by atoms with Crippen LogP contribution in [0.1, 0.15) is 52.6 Å². The van der Waals surface area contributed by atoms with Gasteiger partial charge >= 0.3 is 0 Å². The van der Waals surface area contributed by atoms with Crippen LogP contribution in [0.25, 0.3) is 0 Å². The fourth-order valence-corrected chi connectivity index (χ4v) is 4.32. The lowest BCUT2D eigenvalue weighted by Crippen LogP contribution is -2.46. The van der Waals surface area contributed by atoms with Gasteiger partial charge in [0.15, 0.2) is 0 Å². The number of sulfonamides is 1. The number of carbonyl (C=O) groups excluding carboxylic acids is 2. The van der Waals surface area contributed by atoms with E-state index in [1.54, 1.807) is 0 Å². The third-order valence-corrected chi connectivity index (χ3v) is 6.10. The van der Waals surface area contributed by atoms with Gasteiger partial charge in [0.2, 0.25) is 21.8 Å². The molecule has 0 heterocycles. The molecule has 31 heavy (non-hydrogen) atoms. The summed E-state index contributed by atoms with van der Waals surface area (Å²) in [4.78, 5) is 23.9. The summed E-state index contributed by atoms with van der Waals surface area (Å²) in [5.74, 6) is -0.654. The quantitative estimate of drug-likeness (QED) is 0.577. The van der Waals surface area contributed by atoms with Gasteiger partial charge in [-0.2, -0.15) is 4.72 Å². The Hall–Kier alpha value is -2.71. The molecule has 0 bridgehead atoms. The van der Waals surface area contributed by atoms with Crippen molar-refractivity contribution in [3.63, 3.8) is 0 Å². The van der Waals surface area contributed by atoms with Crippen molar-refractivity contribution in [2.45, 2.75) is 58.0 Å². The summed E-state index contributed by atoms with van der Waals surface area (Å²) in [7, 11) is -3.91. The van der Waals surface area contributed by atoms with Crippen molar-refractivity contribution in [1.29, 1.82) is 0 Å². The topological polar surface area (TPSA) is 104 Å². The first-order valence-corrected chi connectivity index (χ1v) is 11.6. The van der Waals surface area contributed by atoms with Crippen LogP contribution in [0.4, 0.5) is 5.69 Å². The van der Waals surface area contributed by atoms with Gasteiger partial charge < -0.3 is 10.6 Å². The van der Waals surface area contributed by atoms with Crippen molar-refractivity contribution < 1.29 is 18.0 Å². The molecule has 2 atom stereocenters. The maximum atomic E-state index is 12.8. The second-order valence-electron chi connectivity index (χ2n) is 8.79. The zero-order valence-corrected chi connectivity index (χ0v) is 19.4. The number of rotatable bonds is 8. The maximum Gasteiger partial charge on any atom is 0.241 e. The summed E-state index contributed by atoms with van der Waals surface area (Å²) in [6.45, 7) is 9.15. The van der Waals surface area contributed by atoms with Crippen LogP contribution in [-0.4, -0.2) is 26.3 Å². The Kier molecular flexibility index (Phi) is 7.97. The standard InChI is InChI=1S/C23H31N3O4S/c1-16(26-31(29,30)20-13-11-19(12-14-20)24-17(2)27)22(28)25-21(15-23(3,4)5)18-9-7-6-8-10-18/h6-14,16,21,26H,15H2,1-5H3,(H,24,27)(H,25,28)/t16-,21?/m0/s1. The largest absolute Gasteiger partial charge is 0.348 e. The number of carbonyl (C=O) groups is 2. The van der Waals surface area contributed by atoms with Gasteiger partial charge in [0.1, 0.15) is 0 Å². The molecule has 8 heteroatoms. The summed E-state index contributed by atoms with van der Waals surface area (Å²) >= 11 is 0. The van der Waals surface area contributed by atoms with E-state index in [-0.39, 0.29) is 22.3 Å². The van der Waals surface area contributed by atoms with E-state index in [9.17, 15) is 18.0 Å². The minimum Gasteiger partial charge on any atom is -0.348 e. The Balaban J connectivity index is 2.11. The molecule has 3 N–H and O–H groups in total. The molecule has 1 unspecified atom stereocenters. The van der Waals surface area contributed by atoms with Crippen LogP contribution >= 0.6 is 0 Å². The smallest absolute Gasteiger partial charge is 0.241 e. The van der Waals surface area contributed by atoms with Gasteiger partial charge in [-0.25, -0.2) is 8.42 Å². The van der Waals surface area contributed by atoms with Gasteiger partial charge in [0, 0.05) is 12.6 Å². The van der Waals surface area contributed by atoms with Crippen LogP contribution in [0, 0.1) is 5.41 Å². The van der Waals surface area contributed by atoms with Gasteiger partial charge in [0.05, 0.1) is 17.0 Å². The predicted molar refractivity (Wildman–Crippen MR) is 122 cm³/mol. The summed E-state index contributed by atoms with van der Waals surface area (Å²) in [6.07, 6.45) is 0.701. The molecule has 2 rings (SSSR count). The molecule has 7 nitrogen and oxygen atoms in total. The second kappa shape index (κ2) is 10.1. The molecular weight excluding hydrogens is 414 g/mol. The number of benzene rings is 2. The number of nitrogens with one attached hydrogen (secondary N) is 3. The molecule has 0 radical (unpaired) electrons.